The number of hydrogen-bond acceptors (Lipinski definition) is 6. The Morgan fingerprint density at radius 2 is 1.86 bits per heavy atom. The van der Waals surface area contributed by atoms with Gasteiger partial charge in [0, 0.05) is 36.5 Å². The molecule has 0 spiro atoms. The Morgan fingerprint density at radius 1 is 1.11 bits per heavy atom. The van der Waals surface area contributed by atoms with Crippen molar-refractivity contribution in [3.63, 3.8) is 0 Å². The van der Waals surface area contributed by atoms with Crippen LogP contribution in [0.1, 0.15) is 31.2 Å². The highest BCUT2D eigenvalue weighted by Crippen LogP contribution is 2.22. The Kier molecular flexibility index (Phi) is 8.42. The molecule has 0 aliphatic carbocycles. The second-order valence-corrected chi connectivity index (χ2v) is 8.41. The number of carbonyl (C=O) groups excluding carboxylic acids is 3. The van der Waals surface area contributed by atoms with Crippen LogP contribution in [0, 0.1) is 0 Å². The molecule has 0 radical (unpaired) electrons. The van der Waals surface area contributed by atoms with E-state index in [9.17, 15) is 29.1 Å². The zero-order valence-electron chi connectivity index (χ0n) is 19.0. The fraction of sp³-hybridized carbons (Fsp3) is 0.435. The number of nitrogens with one attached hydrogen (secondary N) is 3. The monoisotopic (exact) mass is 487 g/mol. The van der Waals surface area contributed by atoms with E-state index in [2.05, 4.69) is 15.6 Å². The lowest BCUT2D eigenvalue weighted by atomic mass is 10.0. The van der Waals surface area contributed by atoms with Crippen LogP contribution in [0.5, 0.6) is 0 Å². The van der Waals surface area contributed by atoms with Crippen LogP contribution in [0.2, 0.25) is 0 Å². The van der Waals surface area contributed by atoms with Gasteiger partial charge in [-0.1, -0.05) is 18.2 Å². The normalized spacial score (nSPS) is 17.1. The number of carboxylic acids is 2. The number of fused-ring (bicyclic) bond motifs is 1. The molecule has 12 nitrogen and oxygen atoms in total. The highest BCUT2D eigenvalue weighted by molar-refractivity contribution is 5.94. The number of benzene rings is 1. The number of aromatic amines is 1. The lowest BCUT2D eigenvalue weighted by Gasteiger charge is -2.29. The van der Waals surface area contributed by atoms with Crippen LogP contribution in [-0.2, 0) is 30.4 Å². The molecular formula is C23H29N5O7. The summed E-state index contributed by atoms with van der Waals surface area (Å²) in [7, 11) is 0. The van der Waals surface area contributed by atoms with E-state index in [-0.39, 0.29) is 32.4 Å². The van der Waals surface area contributed by atoms with Crippen LogP contribution in [0.4, 0.5) is 0 Å². The number of carbonyl (C=O) groups is 5. The number of aromatic nitrogens is 1. The summed E-state index contributed by atoms with van der Waals surface area (Å²) in [6, 6.07) is 4.08. The molecule has 3 atom stereocenters. The van der Waals surface area contributed by atoms with E-state index in [1.165, 1.54) is 4.90 Å². The molecule has 0 saturated carbocycles. The minimum Gasteiger partial charge on any atom is -0.481 e. The summed E-state index contributed by atoms with van der Waals surface area (Å²) < 4.78 is 0. The van der Waals surface area contributed by atoms with Crippen molar-refractivity contribution < 1.29 is 34.2 Å². The van der Waals surface area contributed by atoms with Crippen LogP contribution >= 0.6 is 0 Å². The number of para-hydroxylation sites is 1. The second kappa shape index (κ2) is 11.5. The van der Waals surface area contributed by atoms with Crippen LogP contribution in [0.15, 0.2) is 30.5 Å². The number of H-pyrrole nitrogens is 1. The molecule has 1 fully saturated rings. The largest absolute Gasteiger partial charge is 0.481 e. The number of carboxylic acid groups (broad SMARTS) is 2. The van der Waals surface area contributed by atoms with Gasteiger partial charge in [-0.2, -0.15) is 0 Å². The van der Waals surface area contributed by atoms with Gasteiger partial charge in [0.05, 0.1) is 6.54 Å². The van der Waals surface area contributed by atoms with Crippen LogP contribution in [-0.4, -0.2) is 81.0 Å². The van der Waals surface area contributed by atoms with Gasteiger partial charge >= 0.3 is 11.9 Å². The second-order valence-electron chi connectivity index (χ2n) is 8.41. The third-order valence-electron chi connectivity index (χ3n) is 6.02. The summed E-state index contributed by atoms with van der Waals surface area (Å²) >= 11 is 0. The average molecular weight is 488 g/mol. The molecule has 1 saturated heterocycles. The molecule has 2 heterocycles. The van der Waals surface area contributed by atoms with Crippen LogP contribution < -0.4 is 16.4 Å². The summed E-state index contributed by atoms with van der Waals surface area (Å²) in [6.07, 6.45) is 2.03. The lowest BCUT2D eigenvalue weighted by Crippen LogP contribution is -2.56. The molecule has 3 amide bonds. The summed E-state index contributed by atoms with van der Waals surface area (Å²) in [5.74, 6) is -4.20. The Bertz CT molecular complexity index is 1110. The van der Waals surface area contributed by atoms with Crippen molar-refractivity contribution in [2.24, 2.45) is 5.73 Å². The molecule has 12 heteroatoms. The maximum atomic E-state index is 13.1. The van der Waals surface area contributed by atoms with Crippen LogP contribution in [0.3, 0.4) is 0 Å². The predicted octanol–water partition coefficient (Wildman–Crippen LogP) is -0.421. The van der Waals surface area contributed by atoms with Crippen molar-refractivity contribution in [1.82, 2.24) is 20.5 Å². The van der Waals surface area contributed by atoms with E-state index in [1.54, 1.807) is 6.20 Å². The highest BCUT2D eigenvalue weighted by Gasteiger charge is 2.39. The number of nitrogens with two attached hydrogens (primary N) is 1. The molecule has 1 aromatic carbocycles. The van der Waals surface area contributed by atoms with Crippen molar-refractivity contribution in [3.8, 4) is 0 Å². The molecule has 1 aliphatic heterocycles. The number of likely N-dealkylation sites (tertiary alicyclic amines) is 1. The fourth-order valence-electron chi connectivity index (χ4n) is 4.27. The fourth-order valence-corrected chi connectivity index (χ4v) is 4.27. The van der Waals surface area contributed by atoms with Crippen molar-refractivity contribution in [1.29, 1.82) is 0 Å². The van der Waals surface area contributed by atoms with Crippen molar-refractivity contribution in [2.45, 2.75) is 50.2 Å². The third kappa shape index (κ3) is 6.35. The molecule has 0 bridgehead atoms. The topological polar surface area (TPSA) is 195 Å². The summed E-state index contributed by atoms with van der Waals surface area (Å²) in [6.45, 7) is -0.159. The molecule has 2 aromatic rings. The van der Waals surface area contributed by atoms with Gasteiger partial charge in [0.15, 0.2) is 0 Å². The highest BCUT2D eigenvalue weighted by atomic mass is 16.4. The van der Waals surface area contributed by atoms with Crippen molar-refractivity contribution in [3.05, 3.63) is 36.0 Å². The molecule has 7 N–H and O–H groups in total. The van der Waals surface area contributed by atoms with Gasteiger partial charge in [0.2, 0.25) is 17.7 Å². The molecular weight excluding hydrogens is 458 g/mol. The first-order valence-corrected chi connectivity index (χ1v) is 11.3. The van der Waals surface area contributed by atoms with E-state index < -0.39 is 47.8 Å². The van der Waals surface area contributed by atoms with E-state index >= 15 is 0 Å². The molecule has 1 aromatic heterocycles. The summed E-state index contributed by atoms with van der Waals surface area (Å²) in [5.41, 5.74) is 6.88. The van der Waals surface area contributed by atoms with Crippen molar-refractivity contribution >= 4 is 40.6 Å². The summed E-state index contributed by atoms with van der Waals surface area (Å²) in [5, 5.41) is 24.5. The van der Waals surface area contributed by atoms with Gasteiger partial charge < -0.3 is 36.5 Å². The lowest BCUT2D eigenvalue weighted by molar-refractivity contribution is -0.145. The predicted molar refractivity (Wildman–Crippen MR) is 124 cm³/mol. The van der Waals surface area contributed by atoms with E-state index in [4.69, 9.17) is 10.8 Å². The third-order valence-corrected chi connectivity index (χ3v) is 6.02. The Hall–Kier alpha value is -3.93. The maximum absolute atomic E-state index is 13.1. The van der Waals surface area contributed by atoms with E-state index in [0.717, 1.165) is 16.5 Å². The van der Waals surface area contributed by atoms with Crippen LogP contribution in [0.25, 0.3) is 10.9 Å². The first-order chi connectivity index (χ1) is 16.7. The molecule has 35 heavy (non-hydrogen) atoms. The van der Waals surface area contributed by atoms with E-state index in [1.807, 2.05) is 24.3 Å². The number of amides is 3. The molecule has 3 rings (SSSR count). The van der Waals surface area contributed by atoms with Gasteiger partial charge in [-0.05, 0) is 30.9 Å². The standard InChI is InChI=1S/C23H29N5O7/c24-11-19(29)26-16(7-8-20(30)31)22(33)28-9-3-6-18(28)21(32)27-17(23(34)35)10-13-12-25-15-5-2-1-4-14(13)15/h1-2,4-5,12,16-18,25H,3,6-11,24H2,(H,26,29)(H,27,32)(H,30,31)(H,34,35). The summed E-state index contributed by atoms with van der Waals surface area (Å²) in [4.78, 5) is 65.2. The van der Waals surface area contributed by atoms with Gasteiger partial charge in [-0.15, -0.1) is 0 Å². The van der Waals surface area contributed by atoms with Crippen molar-refractivity contribution in [2.75, 3.05) is 13.1 Å². The number of hydrogen-bond donors (Lipinski definition) is 6. The first kappa shape index (κ1) is 25.7. The minimum absolute atomic E-state index is 0.0412. The van der Waals surface area contributed by atoms with Gasteiger partial charge in [0.25, 0.3) is 0 Å². The SMILES string of the molecule is NCC(=O)NC(CCC(=O)O)C(=O)N1CCCC1C(=O)NC(Cc1c[nH]c2ccccc12)C(=O)O. The zero-order valence-corrected chi connectivity index (χ0v) is 19.0. The van der Waals surface area contributed by atoms with Gasteiger partial charge in [0.1, 0.15) is 18.1 Å². The smallest absolute Gasteiger partial charge is 0.326 e. The average Bonchev–Trinajstić information content (AvgIpc) is 3.48. The Labute approximate surface area is 200 Å². The quantitative estimate of drug-likeness (QED) is 0.246. The molecule has 188 valence electrons. The number of aliphatic carboxylic acids is 2. The van der Waals surface area contributed by atoms with Gasteiger partial charge in [-0.3, -0.25) is 19.2 Å². The first-order valence-electron chi connectivity index (χ1n) is 11.3. The Balaban J connectivity index is 1.72. The minimum atomic E-state index is -1.22. The van der Waals surface area contributed by atoms with Gasteiger partial charge in [-0.25, -0.2) is 4.79 Å². The molecule has 3 unspecified atom stereocenters. The molecule has 1 aliphatic rings. The van der Waals surface area contributed by atoms with E-state index in [0.29, 0.717) is 12.8 Å². The Morgan fingerprint density at radius 3 is 2.54 bits per heavy atom. The number of nitrogens with zero attached hydrogens (tertiary/aromatic N) is 1. The number of rotatable bonds is 11. The maximum Gasteiger partial charge on any atom is 0.326 e. The zero-order chi connectivity index (χ0) is 25.5.